The van der Waals surface area contributed by atoms with Crippen molar-refractivity contribution in [2.24, 2.45) is 0 Å². The van der Waals surface area contributed by atoms with Gasteiger partial charge >= 0.3 is 0 Å². The Labute approximate surface area is 146 Å². The largest absolute Gasteiger partial charge is 0.353 e. The molecular formula is C20H31N3O. The van der Waals surface area contributed by atoms with Crippen LogP contribution in [0, 0.1) is 0 Å². The van der Waals surface area contributed by atoms with Gasteiger partial charge in [0.15, 0.2) is 0 Å². The first kappa shape index (κ1) is 17.4. The molecule has 0 spiro atoms. The van der Waals surface area contributed by atoms with Crippen molar-refractivity contribution in [3.8, 4) is 0 Å². The Balaban J connectivity index is 1.54. The van der Waals surface area contributed by atoms with Gasteiger partial charge in [0, 0.05) is 44.7 Å². The topological polar surface area (TPSA) is 44.4 Å². The Morgan fingerprint density at radius 1 is 1.25 bits per heavy atom. The smallest absolute Gasteiger partial charge is 0.221 e. The number of hydrogen-bond acceptors (Lipinski definition) is 3. The van der Waals surface area contributed by atoms with Gasteiger partial charge in [0.2, 0.25) is 5.91 Å². The van der Waals surface area contributed by atoms with Gasteiger partial charge in [0.05, 0.1) is 0 Å². The lowest BCUT2D eigenvalue weighted by atomic mass is 10.0. The highest BCUT2D eigenvalue weighted by Gasteiger charge is 2.24. The zero-order valence-electron chi connectivity index (χ0n) is 14.9. The van der Waals surface area contributed by atoms with Crippen LogP contribution in [0.5, 0.6) is 0 Å². The van der Waals surface area contributed by atoms with E-state index >= 15 is 0 Å². The maximum absolute atomic E-state index is 12.2. The van der Waals surface area contributed by atoms with Gasteiger partial charge in [-0.3, -0.25) is 9.69 Å². The molecule has 1 heterocycles. The van der Waals surface area contributed by atoms with Crippen molar-refractivity contribution in [1.82, 2.24) is 15.5 Å². The molecule has 1 unspecified atom stereocenters. The SMILES string of the molecule is CCc1ccc(C2CNCCN2CCC(=O)NC2CCCC2)cc1. The first-order valence-corrected chi connectivity index (χ1v) is 9.59. The third-order valence-electron chi connectivity index (χ3n) is 5.47. The molecule has 2 aliphatic rings. The van der Waals surface area contributed by atoms with Crippen LogP contribution in [-0.4, -0.2) is 43.0 Å². The van der Waals surface area contributed by atoms with E-state index in [-0.39, 0.29) is 5.91 Å². The predicted octanol–water partition coefficient (Wildman–Crippen LogP) is 2.64. The van der Waals surface area contributed by atoms with Gasteiger partial charge < -0.3 is 10.6 Å². The molecule has 1 saturated heterocycles. The molecule has 1 aromatic rings. The molecule has 3 rings (SSSR count). The number of carbonyl (C=O) groups excluding carboxylic acids is 1. The van der Waals surface area contributed by atoms with E-state index in [9.17, 15) is 4.79 Å². The van der Waals surface area contributed by atoms with Crippen LogP contribution in [0.1, 0.15) is 56.2 Å². The summed E-state index contributed by atoms with van der Waals surface area (Å²) in [6.45, 7) is 6.02. The number of hydrogen-bond donors (Lipinski definition) is 2. The third kappa shape index (κ3) is 4.58. The Kier molecular flexibility index (Phi) is 6.27. The number of carbonyl (C=O) groups is 1. The predicted molar refractivity (Wildman–Crippen MR) is 98.0 cm³/mol. The summed E-state index contributed by atoms with van der Waals surface area (Å²) in [6.07, 6.45) is 6.53. The number of benzene rings is 1. The van der Waals surface area contributed by atoms with Gasteiger partial charge in [-0.1, -0.05) is 44.0 Å². The molecule has 0 aromatic heterocycles. The minimum absolute atomic E-state index is 0.223. The molecule has 4 heteroatoms. The normalized spacial score (nSPS) is 22.6. The summed E-state index contributed by atoms with van der Waals surface area (Å²) in [5.74, 6) is 0.223. The average Bonchev–Trinajstić information content (AvgIpc) is 3.13. The number of nitrogens with zero attached hydrogens (tertiary/aromatic N) is 1. The quantitative estimate of drug-likeness (QED) is 0.843. The van der Waals surface area contributed by atoms with E-state index in [1.54, 1.807) is 0 Å². The van der Waals surface area contributed by atoms with E-state index in [0.717, 1.165) is 45.4 Å². The number of nitrogens with one attached hydrogen (secondary N) is 2. The summed E-state index contributed by atoms with van der Waals surface area (Å²) in [7, 11) is 0. The van der Waals surface area contributed by atoms with E-state index in [1.165, 1.54) is 24.0 Å². The van der Waals surface area contributed by atoms with Gasteiger partial charge in [-0.15, -0.1) is 0 Å². The zero-order chi connectivity index (χ0) is 16.8. The summed E-state index contributed by atoms with van der Waals surface area (Å²) < 4.78 is 0. The van der Waals surface area contributed by atoms with Crippen molar-refractivity contribution < 1.29 is 4.79 Å². The van der Waals surface area contributed by atoms with Crippen LogP contribution in [0.15, 0.2) is 24.3 Å². The fraction of sp³-hybridized carbons (Fsp3) is 0.650. The van der Waals surface area contributed by atoms with Crippen LogP contribution in [0.4, 0.5) is 0 Å². The molecule has 0 radical (unpaired) electrons. The number of piperazine rings is 1. The summed E-state index contributed by atoms with van der Waals surface area (Å²) in [4.78, 5) is 14.7. The molecule has 1 amide bonds. The standard InChI is InChI=1S/C20H31N3O/c1-2-16-7-9-17(10-8-16)19-15-21-12-14-23(19)13-11-20(24)22-18-5-3-4-6-18/h7-10,18-19,21H,2-6,11-15H2,1H3,(H,22,24). The molecular weight excluding hydrogens is 298 g/mol. The van der Waals surface area contributed by atoms with E-state index < -0.39 is 0 Å². The molecule has 1 saturated carbocycles. The van der Waals surface area contributed by atoms with Gasteiger partial charge in [-0.25, -0.2) is 0 Å². The molecule has 2 fully saturated rings. The lowest BCUT2D eigenvalue weighted by Gasteiger charge is -2.36. The average molecular weight is 329 g/mol. The van der Waals surface area contributed by atoms with Crippen molar-refractivity contribution >= 4 is 5.91 Å². The van der Waals surface area contributed by atoms with Crippen LogP contribution in [0.3, 0.4) is 0 Å². The Hall–Kier alpha value is -1.39. The van der Waals surface area contributed by atoms with Crippen LogP contribution in [0.25, 0.3) is 0 Å². The van der Waals surface area contributed by atoms with E-state index in [4.69, 9.17) is 0 Å². The number of aryl methyl sites for hydroxylation is 1. The van der Waals surface area contributed by atoms with Crippen LogP contribution in [-0.2, 0) is 11.2 Å². The van der Waals surface area contributed by atoms with Gasteiger partial charge in [-0.05, 0) is 30.4 Å². The second-order valence-corrected chi connectivity index (χ2v) is 7.15. The van der Waals surface area contributed by atoms with Gasteiger partial charge in [0.1, 0.15) is 0 Å². The van der Waals surface area contributed by atoms with Crippen LogP contribution < -0.4 is 10.6 Å². The summed E-state index contributed by atoms with van der Waals surface area (Å²) in [5, 5.41) is 6.70. The third-order valence-corrected chi connectivity index (χ3v) is 5.47. The van der Waals surface area contributed by atoms with Gasteiger partial charge in [0.25, 0.3) is 0 Å². The molecule has 1 aliphatic carbocycles. The Bertz CT molecular complexity index is 522. The molecule has 1 aromatic carbocycles. The minimum atomic E-state index is 0.223. The second kappa shape index (κ2) is 8.63. The van der Waals surface area contributed by atoms with E-state index in [2.05, 4.69) is 46.7 Å². The molecule has 132 valence electrons. The summed E-state index contributed by atoms with van der Waals surface area (Å²) in [6, 6.07) is 9.77. The maximum Gasteiger partial charge on any atom is 0.221 e. The molecule has 1 aliphatic heterocycles. The fourth-order valence-corrected chi connectivity index (χ4v) is 3.93. The fourth-order valence-electron chi connectivity index (χ4n) is 3.93. The van der Waals surface area contributed by atoms with Gasteiger partial charge in [-0.2, -0.15) is 0 Å². The molecule has 2 N–H and O–H groups in total. The maximum atomic E-state index is 12.2. The summed E-state index contributed by atoms with van der Waals surface area (Å²) >= 11 is 0. The Morgan fingerprint density at radius 3 is 2.71 bits per heavy atom. The van der Waals surface area contributed by atoms with Crippen molar-refractivity contribution in [3.05, 3.63) is 35.4 Å². The highest BCUT2D eigenvalue weighted by molar-refractivity contribution is 5.76. The molecule has 0 bridgehead atoms. The number of amides is 1. The van der Waals surface area contributed by atoms with Crippen molar-refractivity contribution in [2.45, 2.75) is 57.5 Å². The molecule has 1 atom stereocenters. The Morgan fingerprint density at radius 2 is 2.00 bits per heavy atom. The lowest BCUT2D eigenvalue weighted by Crippen LogP contribution is -2.47. The second-order valence-electron chi connectivity index (χ2n) is 7.15. The molecule has 4 nitrogen and oxygen atoms in total. The van der Waals surface area contributed by atoms with Crippen molar-refractivity contribution in [2.75, 3.05) is 26.2 Å². The van der Waals surface area contributed by atoms with E-state index in [0.29, 0.717) is 18.5 Å². The summed E-state index contributed by atoms with van der Waals surface area (Å²) in [5.41, 5.74) is 2.74. The lowest BCUT2D eigenvalue weighted by molar-refractivity contribution is -0.122. The molecule has 24 heavy (non-hydrogen) atoms. The van der Waals surface area contributed by atoms with Crippen molar-refractivity contribution in [3.63, 3.8) is 0 Å². The highest BCUT2D eigenvalue weighted by atomic mass is 16.1. The minimum Gasteiger partial charge on any atom is -0.353 e. The monoisotopic (exact) mass is 329 g/mol. The first-order chi connectivity index (χ1) is 11.8. The number of rotatable bonds is 6. The van der Waals surface area contributed by atoms with Crippen LogP contribution >= 0.6 is 0 Å². The van der Waals surface area contributed by atoms with Crippen LogP contribution in [0.2, 0.25) is 0 Å². The highest BCUT2D eigenvalue weighted by Crippen LogP contribution is 2.23. The van der Waals surface area contributed by atoms with E-state index in [1.807, 2.05) is 0 Å². The van der Waals surface area contributed by atoms with Crippen molar-refractivity contribution in [1.29, 1.82) is 0 Å². The zero-order valence-corrected chi connectivity index (χ0v) is 14.9. The first-order valence-electron chi connectivity index (χ1n) is 9.59.